The van der Waals surface area contributed by atoms with Crippen molar-refractivity contribution in [2.24, 2.45) is 5.92 Å². The Labute approximate surface area is 97.8 Å². The van der Waals surface area contributed by atoms with Crippen LogP contribution in [0.15, 0.2) is 0 Å². The molecule has 2 atom stereocenters. The van der Waals surface area contributed by atoms with E-state index in [1.165, 1.54) is 0 Å². The number of hydrogen-bond acceptors (Lipinski definition) is 4. The van der Waals surface area contributed by atoms with Crippen LogP contribution in [0, 0.1) is 5.92 Å². The monoisotopic (exact) mass is 245 g/mol. The molecule has 1 saturated heterocycles. The summed E-state index contributed by atoms with van der Waals surface area (Å²) in [7, 11) is 0. The molecule has 17 heavy (non-hydrogen) atoms. The molecule has 1 rings (SSSR count). The highest BCUT2D eigenvalue weighted by atomic mass is 16.5. The number of amides is 1. The molecular weight excluding hydrogens is 230 g/mol. The number of rotatable bonds is 6. The van der Waals surface area contributed by atoms with Gasteiger partial charge in [0.2, 0.25) is 5.91 Å². The van der Waals surface area contributed by atoms with E-state index in [4.69, 9.17) is 14.9 Å². The first-order chi connectivity index (χ1) is 8.00. The van der Waals surface area contributed by atoms with Gasteiger partial charge < -0.3 is 20.3 Å². The maximum atomic E-state index is 11.6. The zero-order chi connectivity index (χ0) is 12.8. The van der Waals surface area contributed by atoms with Crippen LogP contribution < -0.4 is 5.32 Å². The van der Waals surface area contributed by atoms with Crippen molar-refractivity contribution >= 4 is 17.8 Å². The molecule has 0 spiro atoms. The SMILES string of the molecule is O=C(O)CC[C@H](NC(=O)[C@@H]1CCOC1)C(=O)O. The third-order valence-corrected chi connectivity index (χ3v) is 2.56. The summed E-state index contributed by atoms with van der Waals surface area (Å²) in [4.78, 5) is 32.8. The largest absolute Gasteiger partial charge is 0.481 e. The first kappa shape index (κ1) is 13.4. The van der Waals surface area contributed by atoms with E-state index < -0.39 is 18.0 Å². The van der Waals surface area contributed by atoms with E-state index >= 15 is 0 Å². The Kier molecular flexibility index (Phi) is 4.89. The lowest BCUT2D eigenvalue weighted by atomic mass is 10.1. The molecule has 0 bridgehead atoms. The van der Waals surface area contributed by atoms with Gasteiger partial charge in [0.05, 0.1) is 12.5 Å². The van der Waals surface area contributed by atoms with Crippen LogP contribution in [0.4, 0.5) is 0 Å². The molecule has 0 aromatic rings. The van der Waals surface area contributed by atoms with Gasteiger partial charge in [-0.25, -0.2) is 4.79 Å². The maximum Gasteiger partial charge on any atom is 0.326 e. The molecule has 0 aromatic heterocycles. The molecule has 96 valence electrons. The standard InChI is InChI=1S/C10H15NO6/c12-8(13)2-1-7(10(15)16)11-9(14)6-3-4-17-5-6/h6-7H,1-5H2,(H,11,14)(H,12,13)(H,15,16)/t6-,7+/m1/s1. The van der Waals surface area contributed by atoms with Crippen molar-refractivity contribution in [3.63, 3.8) is 0 Å². The minimum atomic E-state index is -1.22. The van der Waals surface area contributed by atoms with E-state index in [1.54, 1.807) is 0 Å². The zero-order valence-corrected chi connectivity index (χ0v) is 9.22. The molecule has 1 aliphatic heterocycles. The molecule has 0 unspecified atom stereocenters. The van der Waals surface area contributed by atoms with Crippen molar-refractivity contribution in [3.05, 3.63) is 0 Å². The van der Waals surface area contributed by atoms with Gasteiger partial charge in [0.15, 0.2) is 0 Å². The average molecular weight is 245 g/mol. The van der Waals surface area contributed by atoms with Crippen molar-refractivity contribution in [1.82, 2.24) is 5.32 Å². The summed E-state index contributed by atoms with van der Waals surface area (Å²) in [5.74, 6) is -3.03. The molecule has 1 heterocycles. The predicted molar refractivity (Wildman–Crippen MR) is 55.4 cm³/mol. The van der Waals surface area contributed by atoms with Gasteiger partial charge in [-0.05, 0) is 12.8 Å². The number of aliphatic carboxylic acids is 2. The molecule has 1 fully saturated rings. The molecule has 1 aliphatic rings. The average Bonchev–Trinajstić information content (AvgIpc) is 2.76. The van der Waals surface area contributed by atoms with Crippen LogP contribution in [0.2, 0.25) is 0 Å². The molecule has 0 aromatic carbocycles. The summed E-state index contributed by atoms with van der Waals surface area (Å²) < 4.78 is 5.02. The van der Waals surface area contributed by atoms with Crippen LogP contribution in [0.5, 0.6) is 0 Å². The Morgan fingerprint density at radius 1 is 1.35 bits per heavy atom. The number of carbonyl (C=O) groups is 3. The third kappa shape index (κ3) is 4.39. The van der Waals surface area contributed by atoms with Gasteiger partial charge in [0.25, 0.3) is 0 Å². The Bertz CT molecular complexity index is 310. The van der Waals surface area contributed by atoms with Crippen LogP contribution in [0.1, 0.15) is 19.3 Å². The number of ether oxygens (including phenoxy) is 1. The van der Waals surface area contributed by atoms with Crippen molar-refractivity contribution in [2.75, 3.05) is 13.2 Å². The normalized spacial score (nSPS) is 20.8. The van der Waals surface area contributed by atoms with Gasteiger partial charge in [0, 0.05) is 13.0 Å². The topological polar surface area (TPSA) is 113 Å². The molecule has 0 radical (unpaired) electrons. The van der Waals surface area contributed by atoms with Gasteiger partial charge >= 0.3 is 11.9 Å². The Morgan fingerprint density at radius 2 is 2.06 bits per heavy atom. The smallest absolute Gasteiger partial charge is 0.326 e. The Balaban J connectivity index is 2.44. The lowest BCUT2D eigenvalue weighted by Crippen LogP contribution is -2.44. The Hall–Kier alpha value is -1.63. The highest BCUT2D eigenvalue weighted by molar-refractivity contribution is 5.85. The van der Waals surface area contributed by atoms with Crippen molar-refractivity contribution in [2.45, 2.75) is 25.3 Å². The third-order valence-electron chi connectivity index (χ3n) is 2.56. The van der Waals surface area contributed by atoms with E-state index in [1.807, 2.05) is 0 Å². The summed E-state index contributed by atoms with van der Waals surface area (Å²) in [6.45, 7) is 0.780. The highest BCUT2D eigenvalue weighted by Crippen LogP contribution is 2.12. The first-order valence-electron chi connectivity index (χ1n) is 5.33. The van der Waals surface area contributed by atoms with Crippen molar-refractivity contribution < 1.29 is 29.3 Å². The predicted octanol–water partition coefficient (Wildman–Crippen LogP) is -0.543. The second-order valence-corrected chi connectivity index (χ2v) is 3.89. The summed E-state index contributed by atoms with van der Waals surface area (Å²) in [5.41, 5.74) is 0. The highest BCUT2D eigenvalue weighted by Gasteiger charge is 2.28. The van der Waals surface area contributed by atoms with E-state index in [-0.39, 0.29) is 31.3 Å². The van der Waals surface area contributed by atoms with Crippen LogP contribution in [-0.2, 0) is 19.1 Å². The molecule has 7 heteroatoms. The fourth-order valence-electron chi connectivity index (χ4n) is 1.56. The number of hydrogen-bond donors (Lipinski definition) is 3. The summed E-state index contributed by atoms with van der Waals surface area (Å²) >= 11 is 0. The lowest BCUT2D eigenvalue weighted by Gasteiger charge is -2.15. The second kappa shape index (κ2) is 6.19. The first-order valence-corrected chi connectivity index (χ1v) is 5.33. The zero-order valence-electron chi connectivity index (χ0n) is 9.22. The number of carboxylic acids is 2. The van der Waals surface area contributed by atoms with Crippen LogP contribution in [0.3, 0.4) is 0 Å². The fraction of sp³-hybridized carbons (Fsp3) is 0.700. The lowest BCUT2D eigenvalue weighted by molar-refractivity contribution is -0.143. The molecule has 7 nitrogen and oxygen atoms in total. The quantitative estimate of drug-likeness (QED) is 0.579. The van der Waals surface area contributed by atoms with Crippen LogP contribution in [-0.4, -0.2) is 47.3 Å². The van der Waals surface area contributed by atoms with Crippen LogP contribution in [0.25, 0.3) is 0 Å². The van der Waals surface area contributed by atoms with E-state index in [2.05, 4.69) is 5.32 Å². The van der Waals surface area contributed by atoms with E-state index in [9.17, 15) is 14.4 Å². The van der Waals surface area contributed by atoms with Gasteiger partial charge in [0.1, 0.15) is 6.04 Å². The number of carboxylic acid groups (broad SMARTS) is 2. The molecule has 1 amide bonds. The second-order valence-electron chi connectivity index (χ2n) is 3.89. The van der Waals surface area contributed by atoms with Crippen molar-refractivity contribution in [3.8, 4) is 0 Å². The van der Waals surface area contributed by atoms with Gasteiger partial charge in [-0.1, -0.05) is 0 Å². The van der Waals surface area contributed by atoms with Crippen molar-refractivity contribution in [1.29, 1.82) is 0 Å². The van der Waals surface area contributed by atoms with E-state index in [0.717, 1.165) is 0 Å². The molecular formula is C10H15NO6. The van der Waals surface area contributed by atoms with Gasteiger partial charge in [-0.2, -0.15) is 0 Å². The maximum absolute atomic E-state index is 11.6. The van der Waals surface area contributed by atoms with E-state index in [0.29, 0.717) is 13.0 Å². The summed E-state index contributed by atoms with van der Waals surface area (Å²) in [6.07, 6.45) is 0.152. The fourth-order valence-corrected chi connectivity index (χ4v) is 1.56. The van der Waals surface area contributed by atoms with Gasteiger partial charge in [-0.15, -0.1) is 0 Å². The Morgan fingerprint density at radius 3 is 2.53 bits per heavy atom. The van der Waals surface area contributed by atoms with Crippen LogP contribution >= 0.6 is 0 Å². The molecule has 0 saturated carbocycles. The number of carbonyl (C=O) groups excluding carboxylic acids is 1. The summed E-state index contributed by atoms with van der Waals surface area (Å²) in [5, 5.41) is 19.6. The van der Waals surface area contributed by atoms with Gasteiger partial charge in [-0.3, -0.25) is 9.59 Å². The minimum Gasteiger partial charge on any atom is -0.481 e. The number of nitrogens with one attached hydrogen (secondary N) is 1. The molecule has 0 aliphatic carbocycles. The minimum absolute atomic E-state index is 0.121. The molecule has 3 N–H and O–H groups in total. The summed E-state index contributed by atoms with van der Waals surface area (Å²) in [6, 6.07) is -1.15.